The van der Waals surface area contributed by atoms with Gasteiger partial charge in [0.2, 0.25) is 0 Å². The Morgan fingerprint density at radius 1 is 0.688 bits per heavy atom. The average Bonchev–Trinajstić information content (AvgIpc) is 2.71. The normalized spacial score (nSPS) is 19.9. The standard InChI is InChI=1S/2C6H13O9P/c7-1-3(8)5(10)6(11)4(9)2-15-16(12,13)14;7-1-3(9)5(10)6(11)4(2-8)15-16(12,13)14/h1,3-6,8-11H,2H2,(H2,12,13,14);2-7,9-11H,1H2,(H2,12,13,14)/t3-,4+,5+,6+;3-,4+,5-,6-/m01/s1. The highest BCUT2D eigenvalue weighted by molar-refractivity contribution is 7.46. The Balaban J connectivity index is 0. The minimum atomic E-state index is -5.02. The fraction of sp³-hybridized carbons (Fsp3) is 0.833. The zero-order valence-corrected chi connectivity index (χ0v) is 17.7. The van der Waals surface area contributed by atoms with Crippen molar-refractivity contribution in [1.82, 2.24) is 0 Å². The van der Waals surface area contributed by atoms with Crippen molar-refractivity contribution in [1.29, 1.82) is 0 Å². The van der Waals surface area contributed by atoms with E-state index in [1.807, 2.05) is 0 Å². The van der Waals surface area contributed by atoms with Crippen LogP contribution in [0.1, 0.15) is 0 Å². The first-order valence-corrected chi connectivity index (χ1v) is 11.2. The second-order valence-corrected chi connectivity index (χ2v) is 8.32. The molecule has 0 aliphatic rings. The lowest BCUT2D eigenvalue weighted by atomic mass is 10.0. The Morgan fingerprint density at radius 2 is 1.16 bits per heavy atom. The van der Waals surface area contributed by atoms with Crippen LogP contribution in [-0.4, -0.2) is 135 Å². The smallest absolute Gasteiger partial charge is 0.394 e. The molecule has 0 unspecified atom stereocenters. The maximum atomic E-state index is 10.4. The molecule has 0 aliphatic carbocycles. The van der Waals surface area contributed by atoms with Crippen molar-refractivity contribution in [3.8, 4) is 0 Å². The van der Waals surface area contributed by atoms with E-state index in [9.17, 15) is 23.8 Å². The molecule has 8 atom stereocenters. The summed E-state index contributed by atoms with van der Waals surface area (Å²) in [5.74, 6) is 0. The Hall–Kier alpha value is -0.760. The molecule has 0 saturated carbocycles. The lowest BCUT2D eigenvalue weighted by Crippen LogP contribution is -2.47. The summed E-state index contributed by atoms with van der Waals surface area (Å²) in [6.45, 7) is -1.87. The highest BCUT2D eigenvalue weighted by atomic mass is 31.2. The van der Waals surface area contributed by atoms with Crippen molar-refractivity contribution in [2.24, 2.45) is 0 Å². The SMILES string of the molecule is O=C[C@H](O)[C@@H](O)[C@H](O)[C@H](O)COP(=O)(O)O.O=C[C@H](OP(=O)(O)O)[C@@H](O)[C@H](O)[C@H](O)CO. The Bertz CT molecular complexity index is 633. The van der Waals surface area contributed by atoms with Gasteiger partial charge in [0, 0.05) is 0 Å². The van der Waals surface area contributed by atoms with Crippen molar-refractivity contribution in [2.75, 3.05) is 13.2 Å². The molecule has 0 heterocycles. The lowest BCUT2D eigenvalue weighted by molar-refractivity contribution is -0.136. The van der Waals surface area contributed by atoms with Gasteiger partial charge in [-0.05, 0) is 0 Å². The summed E-state index contributed by atoms with van der Waals surface area (Å²) in [5, 5.41) is 71.8. The van der Waals surface area contributed by atoms with Gasteiger partial charge in [0.15, 0.2) is 18.7 Å². The summed E-state index contributed by atoms with van der Waals surface area (Å²) in [6.07, 6.45) is -15.8. The molecule has 0 aliphatic heterocycles. The van der Waals surface area contributed by atoms with Crippen LogP contribution < -0.4 is 0 Å². The molecular formula is C12H26O18P2. The molecule has 12 N–H and O–H groups in total. The van der Waals surface area contributed by atoms with Crippen LogP contribution in [0.2, 0.25) is 0 Å². The van der Waals surface area contributed by atoms with E-state index in [2.05, 4.69) is 9.05 Å². The van der Waals surface area contributed by atoms with Gasteiger partial charge in [-0.2, -0.15) is 0 Å². The molecule has 0 bridgehead atoms. The number of phosphoric acid groups is 2. The number of hydrogen-bond acceptors (Lipinski definition) is 14. The van der Waals surface area contributed by atoms with E-state index in [1.165, 1.54) is 0 Å². The van der Waals surface area contributed by atoms with E-state index in [0.717, 1.165) is 0 Å². The van der Waals surface area contributed by atoms with Gasteiger partial charge in [-0.1, -0.05) is 0 Å². The molecular weight excluding hydrogens is 494 g/mol. The number of hydrogen-bond donors (Lipinski definition) is 12. The summed E-state index contributed by atoms with van der Waals surface area (Å²) >= 11 is 0. The Kier molecular flexibility index (Phi) is 15.9. The summed E-state index contributed by atoms with van der Waals surface area (Å²) in [4.78, 5) is 53.7. The number of phosphoric ester groups is 2. The lowest BCUT2D eigenvalue weighted by Gasteiger charge is -2.25. The van der Waals surface area contributed by atoms with Gasteiger partial charge in [0.25, 0.3) is 0 Å². The van der Waals surface area contributed by atoms with Crippen molar-refractivity contribution >= 4 is 28.2 Å². The topological polar surface area (TPSA) is 330 Å². The van der Waals surface area contributed by atoms with Crippen LogP contribution in [-0.2, 0) is 27.8 Å². The number of aliphatic hydroxyl groups excluding tert-OH is 8. The highest BCUT2D eigenvalue weighted by Crippen LogP contribution is 2.38. The molecule has 192 valence electrons. The van der Waals surface area contributed by atoms with E-state index in [-0.39, 0.29) is 12.6 Å². The minimum Gasteiger partial charge on any atom is -0.394 e. The third kappa shape index (κ3) is 14.4. The first kappa shape index (κ1) is 33.4. The van der Waals surface area contributed by atoms with Gasteiger partial charge < -0.3 is 70.0 Å². The third-order valence-electron chi connectivity index (χ3n) is 3.31. The number of rotatable bonds is 14. The van der Waals surface area contributed by atoms with Crippen LogP contribution in [0.25, 0.3) is 0 Å². The summed E-state index contributed by atoms with van der Waals surface area (Å²) in [7, 11) is -9.82. The maximum Gasteiger partial charge on any atom is 0.470 e. The third-order valence-corrected chi connectivity index (χ3v) is 4.31. The predicted octanol–water partition coefficient (Wildman–Crippen LogP) is -6.52. The van der Waals surface area contributed by atoms with Gasteiger partial charge >= 0.3 is 15.6 Å². The summed E-state index contributed by atoms with van der Waals surface area (Å²) < 4.78 is 28.3. The minimum absolute atomic E-state index is 0.0650. The number of carbonyl (C=O) groups is 2. The van der Waals surface area contributed by atoms with E-state index < -0.39 is 77.7 Å². The largest absolute Gasteiger partial charge is 0.470 e. The van der Waals surface area contributed by atoms with Gasteiger partial charge in [-0.25, -0.2) is 9.13 Å². The van der Waals surface area contributed by atoms with Crippen molar-refractivity contribution in [3.05, 3.63) is 0 Å². The van der Waals surface area contributed by atoms with E-state index in [1.54, 1.807) is 0 Å². The van der Waals surface area contributed by atoms with E-state index in [4.69, 9.17) is 55.3 Å². The molecule has 0 aromatic carbocycles. The quantitative estimate of drug-likeness (QED) is 0.0747. The molecule has 0 rings (SSSR count). The van der Waals surface area contributed by atoms with Crippen molar-refractivity contribution in [3.63, 3.8) is 0 Å². The molecule has 0 aromatic rings. The molecule has 0 saturated heterocycles. The van der Waals surface area contributed by atoms with Gasteiger partial charge in [0.1, 0.15) is 42.7 Å². The van der Waals surface area contributed by atoms with Gasteiger partial charge in [-0.3, -0.25) is 9.05 Å². The Morgan fingerprint density at radius 3 is 1.50 bits per heavy atom. The molecule has 0 fully saturated rings. The van der Waals surface area contributed by atoms with Crippen LogP contribution >= 0.6 is 15.6 Å². The monoisotopic (exact) mass is 520 g/mol. The molecule has 0 aromatic heterocycles. The zero-order chi connectivity index (χ0) is 25.9. The molecule has 32 heavy (non-hydrogen) atoms. The van der Waals surface area contributed by atoms with E-state index >= 15 is 0 Å². The first-order chi connectivity index (χ1) is 14.4. The molecule has 18 nitrogen and oxygen atoms in total. The fourth-order valence-electron chi connectivity index (χ4n) is 1.64. The van der Waals surface area contributed by atoms with Crippen LogP contribution in [0.4, 0.5) is 0 Å². The summed E-state index contributed by atoms with van der Waals surface area (Å²) in [5.41, 5.74) is 0. The number of carbonyl (C=O) groups excluding carboxylic acids is 2. The molecule has 0 radical (unpaired) electrons. The molecule has 20 heteroatoms. The maximum absolute atomic E-state index is 10.4. The van der Waals surface area contributed by atoms with Crippen LogP contribution in [0.15, 0.2) is 0 Å². The summed E-state index contributed by atoms with van der Waals surface area (Å²) in [6, 6.07) is 0. The van der Waals surface area contributed by atoms with Crippen molar-refractivity contribution < 1.29 is 88.2 Å². The Labute approximate surface area is 179 Å². The van der Waals surface area contributed by atoms with Gasteiger partial charge in [-0.15, -0.1) is 0 Å². The number of aliphatic hydroxyl groups is 8. The average molecular weight is 520 g/mol. The van der Waals surface area contributed by atoms with Crippen molar-refractivity contribution in [2.45, 2.75) is 48.8 Å². The van der Waals surface area contributed by atoms with Gasteiger partial charge in [0.05, 0.1) is 13.2 Å². The fourth-order valence-corrected chi connectivity index (χ4v) is 2.48. The molecule has 0 amide bonds. The zero-order valence-electron chi connectivity index (χ0n) is 15.9. The molecule has 0 spiro atoms. The van der Waals surface area contributed by atoms with Crippen LogP contribution in [0.3, 0.4) is 0 Å². The predicted molar refractivity (Wildman–Crippen MR) is 96.2 cm³/mol. The van der Waals surface area contributed by atoms with Crippen LogP contribution in [0, 0.1) is 0 Å². The highest BCUT2D eigenvalue weighted by Gasteiger charge is 2.35. The first-order valence-electron chi connectivity index (χ1n) is 8.13. The van der Waals surface area contributed by atoms with E-state index in [0.29, 0.717) is 0 Å². The number of aldehydes is 2. The second kappa shape index (κ2) is 15.2. The second-order valence-electron chi connectivity index (χ2n) is 5.89. The van der Waals surface area contributed by atoms with Crippen LogP contribution in [0.5, 0.6) is 0 Å².